The van der Waals surface area contributed by atoms with Crippen molar-refractivity contribution in [3.05, 3.63) is 175 Å². The average Bonchev–Trinajstić information content (AvgIpc) is 3.60. The van der Waals surface area contributed by atoms with Crippen LogP contribution in [0.3, 0.4) is 0 Å². The van der Waals surface area contributed by atoms with Gasteiger partial charge in [0.05, 0.1) is 0 Å². The van der Waals surface area contributed by atoms with Gasteiger partial charge in [0.1, 0.15) is 11.2 Å². The van der Waals surface area contributed by atoms with Crippen molar-refractivity contribution in [3.63, 3.8) is 0 Å². The number of aromatic nitrogens is 3. The van der Waals surface area contributed by atoms with Crippen LogP contribution < -0.4 is 0 Å². The van der Waals surface area contributed by atoms with E-state index in [-0.39, 0.29) is 0 Å². The summed E-state index contributed by atoms with van der Waals surface area (Å²) in [6.07, 6.45) is 6.55. The molecule has 2 aromatic heterocycles. The number of nitrogens with zero attached hydrogens (tertiary/aromatic N) is 3. The first-order chi connectivity index (χ1) is 25.3. The van der Waals surface area contributed by atoms with E-state index in [9.17, 15) is 0 Å². The number of fused-ring (bicyclic) bond motifs is 6. The summed E-state index contributed by atoms with van der Waals surface area (Å²) < 4.78 is 6.81. The number of furan rings is 1. The number of rotatable bonds is 5. The van der Waals surface area contributed by atoms with E-state index in [0.717, 1.165) is 56.9 Å². The Balaban J connectivity index is 1.13. The van der Waals surface area contributed by atoms with Crippen LogP contribution in [0.4, 0.5) is 0 Å². The van der Waals surface area contributed by atoms with Gasteiger partial charge in [0.25, 0.3) is 0 Å². The van der Waals surface area contributed by atoms with Crippen LogP contribution in [0.25, 0.3) is 88.8 Å². The summed E-state index contributed by atoms with van der Waals surface area (Å²) in [6.45, 7) is 0. The SMILES string of the molecule is C1=C(c2cccc3ccccc23)CCC(c2cc3ccccc3c3oc4cc(-c5nc(-c6ccccc6)nc(-c6ccccc6)n5)ccc4c23)=C1. The fourth-order valence-corrected chi connectivity index (χ4v) is 7.53. The summed E-state index contributed by atoms with van der Waals surface area (Å²) in [6, 6.07) is 52.6. The average molecular weight is 654 g/mol. The summed E-state index contributed by atoms with van der Waals surface area (Å²) in [4.78, 5) is 14.8. The highest BCUT2D eigenvalue weighted by Gasteiger charge is 2.21. The lowest BCUT2D eigenvalue weighted by atomic mass is 9.86. The Morgan fingerprint density at radius 1 is 0.412 bits per heavy atom. The highest BCUT2D eigenvalue weighted by atomic mass is 16.3. The second-order valence-corrected chi connectivity index (χ2v) is 13.1. The standard InChI is InChI=1S/C47H31N3O/c1-3-13-33(14-4-1)45-48-46(34-15-5-2-6-16-34)50-47(49-45)36-26-27-40-42(29-36)51-44-39-20-10-8-17-35(39)28-41(43(40)44)32-24-22-31(23-25-32)38-21-11-18-30-12-7-9-19-37(30)38/h1-22,24,26-29H,23,25H2. The van der Waals surface area contributed by atoms with Crippen molar-refractivity contribution >= 4 is 54.6 Å². The van der Waals surface area contributed by atoms with Gasteiger partial charge >= 0.3 is 0 Å². The minimum absolute atomic E-state index is 0.608. The van der Waals surface area contributed by atoms with Gasteiger partial charge < -0.3 is 4.42 Å². The quantitative estimate of drug-likeness (QED) is 0.185. The molecule has 1 aliphatic rings. The molecule has 0 unspecified atom stereocenters. The fraction of sp³-hybridized carbons (Fsp3) is 0.0426. The Kier molecular flexibility index (Phi) is 6.91. The van der Waals surface area contributed by atoms with E-state index in [0.29, 0.717) is 17.5 Å². The molecule has 0 atom stereocenters. The second-order valence-electron chi connectivity index (χ2n) is 13.1. The monoisotopic (exact) mass is 653 g/mol. The van der Waals surface area contributed by atoms with E-state index >= 15 is 0 Å². The predicted molar refractivity (Wildman–Crippen MR) is 210 cm³/mol. The Labute approximate surface area is 295 Å². The Morgan fingerprint density at radius 2 is 0.980 bits per heavy atom. The number of allylic oxidation sites excluding steroid dienone is 4. The molecular formula is C47H31N3O. The third-order valence-corrected chi connectivity index (χ3v) is 10.1. The fourth-order valence-electron chi connectivity index (χ4n) is 7.53. The maximum Gasteiger partial charge on any atom is 0.164 e. The minimum Gasteiger partial charge on any atom is -0.455 e. The van der Waals surface area contributed by atoms with Gasteiger partial charge in [0, 0.05) is 32.8 Å². The van der Waals surface area contributed by atoms with Crippen LogP contribution >= 0.6 is 0 Å². The molecule has 1 aliphatic carbocycles. The molecule has 0 aliphatic heterocycles. The van der Waals surface area contributed by atoms with E-state index in [1.165, 1.54) is 38.4 Å². The molecule has 0 spiro atoms. The van der Waals surface area contributed by atoms with Crippen LogP contribution in [0.1, 0.15) is 24.0 Å². The van der Waals surface area contributed by atoms with Gasteiger partial charge in [0.2, 0.25) is 0 Å². The molecule has 9 aromatic rings. The van der Waals surface area contributed by atoms with Gasteiger partial charge in [-0.15, -0.1) is 0 Å². The molecule has 4 heteroatoms. The smallest absolute Gasteiger partial charge is 0.164 e. The van der Waals surface area contributed by atoms with Crippen molar-refractivity contribution in [1.29, 1.82) is 0 Å². The van der Waals surface area contributed by atoms with E-state index in [4.69, 9.17) is 19.4 Å². The van der Waals surface area contributed by atoms with Crippen LogP contribution in [0.5, 0.6) is 0 Å². The third-order valence-electron chi connectivity index (χ3n) is 10.1. The zero-order chi connectivity index (χ0) is 33.7. The summed E-state index contributed by atoms with van der Waals surface area (Å²) in [5.41, 5.74) is 9.71. The molecule has 0 fully saturated rings. The molecule has 2 heterocycles. The molecule has 7 aromatic carbocycles. The Bertz CT molecular complexity index is 2790. The molecule has 0 saturated carbocycles. The third kappa shape index (κ3) is 5.12. The lowest BCUT2D eigenvalue weighted by molar-refractivity contribution is 0.672. The number of hydrogen-bond donors (Lipinski definition) is 0. The highest BCUT2D eigenvalue weighted by molar-refractivity contribution is 6.19. The van der Waals surface area contributed by atoms with Crippen LogP contribution in [-0.2, 0) is 0 Å². The predicted octanol–water partition coefficient (Wildman–Crippen LogP) is 12.3. The highest BCUT2D eigenvalue weighted by Crippen LogP contribution is 2.43. The summed E-state index contributed by atoms with van der Waals surface area (Å²) in [5.74, 6) is 1.88. The maximum absolute atomic E-state index is 6.81. The van der Waals surface area contributed by atoms with Crippen LogP contribution in [-0.4, -0.2) is 15.0 Å². The van der Waals surface area contributed by atoms with Crippen molar-refractivity contribution in [2.45, 2.75) is 12.8 Å². The van der Waals surface area contributed by atoms with Crippen molar-refractivity contribution in [2.24, 2.45) is 0 Å². The molecule has 0 bridgehead atoms. The van der Waals surface area contributed by atoms with Gasteiger partial charge in [-0.05, 0) is 69.5 Å². The van der Waals surface area contributed by atoms with Crippen LogP contribution in [0, 0.1) is 0 Å². The van der Waals surface area contributed by atoms with E-state index in [2.05, 4.69) is 103 Å². The molecule has 51 heavy (non-hydrogen) atoms. The summed E-state index contributed by atoms with van der Waals surface area (Å²) >= 11 is 0. The first kappa shape index (κ1) is 29.3. The molecular weight excluding hydrogens is 623 g/mol. The van der Waals surface area contributed by atoms with Gasteiger partial charge in [0.15, 0.2) is 17.5 Å². The molecule has 4 nitrogen and oxygen atoms in total. The number of benzene rings is 7. The lowest BCUT2D eigenvalue weighted by Gasteiger charge is -2.18. The van der Waals surface area contributed by atoms with Gasteiger partial charge in [-0.3, -0.25) is 0 Å². The maximum atomic E-state index is 6.81. The number of hydrogen-bond acceptors (Lipinski definition) is 4. The first-order valence-corrected chi connectivity index (χ1v) is 17.4. The van der Waals surface area contributed by atoms with Crippen molar-refractivity contribution in [3.8, 4) is 34.2 Å². The molecule has 0 radical (unpaired) electrons. The normalized spacial score (nSPS) is 13.2. The minimum atomic E-state index is 0.608. The zero-order valence-corrected chi connectivity index (χ0v) is 27.8. The molecule has 0 saturated heterocycles. The van der Waals surface area contributed by atoms with Gasteiger partial charge in [-0.1, -0.05) is 146 Å². The van der Waals surface area contributed by atoms with E-state index < -0.39 is 0 Å². The van der Waals surface area contributed by atoms with Crippen molar-refractivity contribution in [2.75, 3.05) is 0 Å². The Hall–Kier alpha value is -6.65. The topological polar surface area (TPSA) is 51.8 Å². The molecule has 0 N–H and O–H groups in total. The largest absolute Gasteiger partial charge is 0.455 e. The van der Waals surface area contributed by atoms with Crippen LogP contribution in [0.15, 0.2) is 168 Å². The molecule has 240 valence electrons. The van der Waals surface area contributed by atoms with E-state index in [1.54, 1.807) is 0 Å². The van der Waals surface area contributed by atoms with Gasteiger partial charge in [-0.2, -0.15) is 0 Å². The van der Waals surface area contributed by atoms with Crippen molar-refractivity contribution in [1.82, 2.24) is 15.0 Å². The lowest BCUT2D eigenvalue weighted by Crippen LogP contribution is -2.00. The zero-order valence-electron chi connectivity index (χ0n) is 27.8. The van der Waals surface area contributed by atoms with Crippen LogP contribution in [0.2, 0.25) is 0 Å². The molecule has 0 amide bonds. The van der Waals surface area contributed by atoms with E-state index in [1.807, 2.05) is 60.7 Å². The summed E-state index contributed by atoms with van der Waals surface area (Å²) in [5, 5.41) is 7.08. The second kappa shape index (κ2) is 12.0. The van der Waals surface area contributed by atoms with Gasteiger partial charge in [-0.25, -0.2) is 15.0 Å². The van der Waals surface area contributed by atoms with Crippen molar-refractivity contribution < 1.29 is 4.42 Å². The molecule has 10 rings (SSSR count). The summed E-state index contributed by atoms with van der Waals surface area (Å²) in [7, 11) is 0. The first-order valence-electron chi connectivity index (χ1n) is 17.4. The Morgan fingerprint density at radius 3 is 1.67 bits per heavy atom.